The van der Waals surface area contributed by atoms with Crippen LogP contribution in [0.15, 0.2) is 48.5 Å². The second kappa shape index (κ2) is 9.68. The van der Waals surface area contributed by atoms with E-state index in [0.717, 1.165) is 42.4 Å². The second-order valence-electron chi connectivity index (χ2n) is 8.35. The van der Waals surface area contributed by atoms with Crippen LogP contribution in [-0.4, -0.2) is 47.1 Å². The summed E-state index contributed by atoms with van der Waals surface area (Å²) in [4.78, 5) is 34.3. The second-order valence-corrected chi connectivity index (χ2v) is 8.35. The van der Waals surface area contributed by atoms with Crippen LogP contribution in [0.1, 0.15) is 25.7 Å². The molecule has 2 amide bonds. The van der Waals surface area contributed by atoms with Crippen LogP contribution in [0.25, 0.3) is 10.9 Å². The van der Waals surface area contributed by atoms with Gasteiger partial charge in [-0.15, -0.1) is 0 Å². The number of aromatic nitrogens is 2. The first kappa shape index (κ1) is 22.3. The smallest absolute Gasteiger partial charge is 0.319 e. The minimum atomic E-state index is -0.511. The first-order chi connectivity index (χ1) is 15.9. The molecule has 4 rings (SSSR count). The number of nitro benzene ring substituents is 1. The summed E-state index contributed by atoms with van der Waals surface area (Å²) >= 11 is 0. The van der Waals surface area contributed by atoms with Gasteiger partial charge >= 0.3 is 6.03 Å². The summed E-state index contributed by atoms with van der Waals surface area (Å²) in [5, 5.41) is 21.1. The molecule has 3 aromatic rings. The molecule has 1 aliphatic rings. The van der Waals surface area contributed by atoms with Crippen LogP contribution in [0, 0.1) is 10.1 Å². The van der Waals surface area contributed by atoms with E-state index in [1.54, 1.807) is 12.1 Å². The number of rotatable bonds is 6. The molecule has 3 N–H and O–H groups in total. The lowest BCUT2D eigenvalue weighted by Crippen LogP contribution is -2.42. The van der Waals surface area contributed by atoms with Crippen LogP contribution in [-0.2, 0) is 0 Å². The molecule has 0 spiro atoms. The number of benzene rings is 2. The number of para-hydroxylation sites is 3. The Morgan fingerprint density at radius 3 is 2.39 bits per heavy atom. The van der Waals surface area contributed by atoms with Gasteiger partial charge in [0.2, 0.25) is 5.95 Å². The molecule has 1 heterocycles. The lowest BCUT2D eigenvalue weighted by molar-refractivity contribution is -0.383. The van der Waals surface area contributed by atoms with Gasteiger partial charge in [-0.25, -0.2) is 9.78 Å². The molecule has 33 heavy (non-hydrogen) atoms. The third kappa shape index (κ3) is 5.28. The van der Waals surface area contributed by atoms with E-state index in [0.29, 0.717) is 5.95 Å². The van der Waals surface area contributed by atoms with Crippen molar-refractivity contribution in [3.8, 4) is 0 Å². The zero-order valence-electron chi connectivity index (χ0n) is 18.6. The Hall–Kier alpha value is -3.95. The Morgan fingerprint density at radius 1 is 1.00 bits per heavy atom. The highest BCUT2D eigenvalue weighted by molar-refractivity contribution is 5.92. The Labute approximate surface area is 191 Å². The van der Waals surface area contributed by atoms with Gasteiger partial charge in [-0.2, -0.15) is 4.98 Å². The van der Waals surface area contributed by atoms with E-state index in [-0.39, 0.29) is 23.5 Å². The molecular weight excluding hydrogens is 422 g/mol. The molecule has 0 atom stereocenters. The van der Waals surface area contributed by atoms with Gasteiger partial charge in [0.05, 0.1) is 10.4 Å². The summed E-state index contributed by atoms with van der Waals surface area (Å²) in [5.41, 5.74) is 0.939. The van der Waals surface area contributed by atoms with Gasteiger partial charge in [0.25, 0.3) is 5.69 Å². The number of carbonyl (C=O) groups excluding carboxylic acids is 1. The number of hydrogen-bond acceptors (Lipinski definition) is 7. The third-order valence-corrected chi connectivity index (χ3v) is 5.75. The van der Waals surface area contributed by atoms with Crippen LogP contribution in [0.2, 0.25) is 0 Å². The van der Waals surface area contributed by atoms with Crippen molar-refractivity contribution in [2.45, 2.75) is 37.8 Å². The van der Waals surface area contributed by atoms with Gasteiger partial charge in [0.15, 0.2) is 0 Å². The fraction of sp³-hybridized carbons (Fsp3) is 0.348. The summed E-state index contributed by atoms with van der Waals surface area (Å²) in [5.74, 6) is 1.47. The molecule has 0 saturated heterocycles. The van der Waals surface area contributed by atoms with Crippen LogP contribution in [0.4, 0.5) is 27.9 Å². The monoisotopic (exact) mass is 449 g/mol. The Balaban J connectivity index is 1.33. The van der Waals surface area contributed by atoms with Crippen molar-refractivity contribution >= 4 is 40.1 Å². The molecule has 1 saturated carbocycles. The van der Waals surface area contributed by atoms with Crippen molar-refractivity contribution in [1.82, 2.24) is 15.3 Å². The maximum Gasteiger partial charge on any atom is 0.319 e. The largest absolute Gasteiger partial charge is 0.362 e. The molecule has 10 heteroatoms. The predicted octanol–water partition coefficient (Wildman–Crippen LogP) is 4.15. The van der Waals surface area contributed by atoms with Gasteiger partial charge in [-0.3, -0.25) is 10.1 Å². The van der Waals surface area contributed by atoms with Crippen LogP contribution >= 0.6 is 0 Å². The summed E-state index contributed by atoms with van der Waals surface area (Å²) in [6.45, 7) is 0. The van der Waals surface area contributed by atoms with Crippen molar-refractivity contribution in [3.63, 3.8) is 0 Å². The molecular formula is C23H27N7O3. The van der Waals surface area contributed by atoms with Crippen LogP contribution in [0.3, 0.4) is 0 Å². The van der Waals surface area contributed by atoms with Crippen molar-refractivity contribution in [3.05, 3.63) is 58.6 Å². The highest BCUT2D eigenvalue weighted by Gasteiger charge is 2.24. The van der Waals surface area contributed by atoms with Crippen molar-refractivity contribution < 1.29 is 9.72 Å². The fourth-order valence-corrected chi connectivity index (χ4v) is 4.11. The average molecular weight is 450 g/mol. The molecule has 1 aliphatic carbocycles. The number of nitrogens with zero attached hydrogens (tertiary/aromatic N) is 4. The quantitative estimate of drug-likeness (QED) is 0.381. The fourth-order valence-electron chi connectivity index (χ4n) is 4.11. The van der Waals surface area contributed by atoms with Gasteiger partial charge < -0.3 is 20.9 Å². The number of fused-ring (bicyclic) bond motifs is 1. The molecule has 0 aliphatic heterocycles. The normalized spacial score (nSPS) is 17.9. The molecule has 1 aromatic heterocycles. The average Bonchev–Trinajstić information content (AvgIpc) is 2.80. The highest BCUT2D eigenvalue weighted by Crippen LogP contribution is 2.27. The predicted molar refractivity (Wildman–Crippen MR) is 129 cm³/mol. The van der Waals surface area contributed by atoms with E-state index in [1.807, 2.05) is 43.3 Å². The molecule has 0 unspecified atom stereocenters. The molecule has 172 valence electrons. The summed E-state index contributed by atoms with van der Waals surface area (Å²) in [6.07, 6.45) is 3.28. The van der Waals surface area contributed by atoms with E-state index in [9.17, 15) is 14.9 Å². The topological polar surface area (TPSA) is 125 Å². The summed E-state index contributed by atoms with van der Waals surface area (Å²) in [7, 11) is 3.93. The van der Waals surface area contributed by atoms with Crippen LogP contribution < -0.4 is 20.9 Å². The zero-order valence-corrected chi connectivity index (χ0v) is 18.6. The molecule has 0 radical (unpaired) electrons. The first-order valence-electron chi connectivity index (χ1n) is 10.9. The van der Waals surface area contributed by atoms with Gasteiger partial charge in [-0.05, 0) is 43.9 Å². The molecule has 2 aromatic carbocycles. The summed E-state index contributed by atoms with van der Waals surface area (Å²) in [6, 6.07) is 13.8. The van der Waals surface area contributed by atoms with E-state index < -0.39 is 11.0 Å². The number of amides is 2. The number of urea groups is 1. The van der Waals surface area contributed by atoms with E-state index in [2.05, 4.69) is 20.9 Å². The van der Waals surface area contributed by atoms with E-state index >= 15 is 0 Å². The van der Waals surface area contributed by atoms with E-state index in [4.69, 9.17) is 4.98 Å². The molecule has 10 nitrogen and oxygen atoms in total. The zero-order chi connectivity index (χ0) is 23.4. The lowest BCUT2D eigenvalue weighted by atomic mass is 9.91. The minimum Gasteiger partial charge on any atom is -0.362 e. The highest BCUT2D eigenvalue weighted by atomic mass is 16.6. The standard InChI is InChI=1S/C23H27N7O3/c1-29(2)21-17-7-3-4-8-18(17)26-22(28-21)24-15-11-13-16(14-12-15)25-23(31)27-19-9-5-6-10-20(19)30(32)33/h3-10,15-16H,11-14H2,1-2H3,(H,24,26,28)(H2,25,27,31). The van der Waals surface area contributed by atoms with E-state index in [1.165, 1.54) is 12.1 Å². The van der Waals surface area contributed by atoms with Crippen molar-refractivity contribution in [2.24, 2.45) is 0 Å². The number of nitro groups is 1. The molecule has 0 bridgehead atoms. The molecule has 1 fully saturated rings. The lowest BCUT2D eigenvalue weighted by Gasteiger charge is -2.30. The number of hydrogen-bond donors (Lipinski definition) is 3. The summed E-state index contributed by atoms with van der Waals surface area (Å²) < 4.78 is 0. The SMILES string of the molecule is CN(C)c1nc(NC2CCC(NC(=O)Nc3ccccc3[N+](=O)[O-])CC2)nc2ccccc12. The maximum atomic E-state index is 12.4. The third-order valence-electron chi connectivity index (χ3n) is 5.75. The number of nitrogens with one attached hydrogen (secondary N) is 3. The first-order valence-corrected chi connectivity index (χ1v) is 10.9. The minimum absolute atomic E-state index is 0.000626. The Kier molecular flexibility index (Phi) is 6.53. The Bertz CT molecular complexity index is 1160. The number of anilines is 3. The van der Waals surface area contributed by atoms with Gasteiger partial charge in [-0.1, -0.05) is 24.3 Å². The van der Waals surface area contributed by atoms with Gasteiger partial charge in [0.1, 0.15) is 11.5 Å². The van der Waals surface area contributed by atoms with Crippen molar-refractivity contribution in [2.75, 3.05) is 29.6 Å². The van der Waals surface area contributed by atoms with Crippen LogP contribution in [0.5, 0.6) is 0 Å². The van der Waals surface area contributed by atoms with Crippen molar-refractivity contribution in [1.29, 1.82) is 0 Å². The number of carbonyl (C=O) groups is 1. The maximum absolute atomic E-state index is 12.4. The Morgan fingerprint density at radius 2 is 1.67 bits per heavy atom. The van der Waals surface area contributed by atoms with Gasteiger partial charge in [0, 0.05) is 37.6 Å².